The van der Waals surface area contributed by atoms with Crippen molar-refractivity contribution in [3.05, 3.63) is 30.0 Å². The topological polar surface area (TPSA) is 128 Å². The SMILES string of the molecule is COC(=O)[C@@H]1CC(OC(C)=O)[C@@H](OC(C)=O)[C@H](Oc2cccc3oc(C=O)cc23)O1. The van der Waals surface area contributed by atoms with E-state index in [9.17, 15) is 19.2 Å². The van der Waals surface area contributed by atoms with Crippen LogP contribution in [-0.4, -0.2) is 55.9 Å². The second-order valence-corrected chi connectivity index (χ2v) is 6.53. The fourth-order valence-electron chi connectivity index (χ4n) is 3.18. The molecule has 1 fully saturated rings. The minimum absolute atomic E-state index is 0.0880. The first-order valence-electron chi connectivity index (χ1n) is 9.04. The third-order valence-corrected chi connectivity index (χ3v) is 4.36. The van der Waals surface area contributed by atoms with Crippen molar-refractivity contribution in [1.29, 1.82) is 0 Å². The molecule has 1 aromatic heterocycles. The zero-order valence-corrected chi connectivity index (χ0v) is 16.5. The van der Waals surface area contributed by atoms with Crippen LogP contribution in [0.15, 0.2) is 28.7 Å². The third kappa shape index (κ3) is 4.60. The van der Waals surface area contributed by atoms with Crippen LogP contribution in [0.3, 0.4) is 0 Å². The summed E-state index contributed by atoms with van der Waals surface area (Å²) in [5.74, 6) is -1.65. The van der Waals surface area contributed by atoms with E-state index >= 15 is 0 Å². The van der Waals surface area contributed by atoms with Gasteiger partial charge in [-0.2, -0.15) is 0 Å². The maximum absolute atomic E-state index is 12.1. The number of methoxy groups -OCH3 is 1. The molecule has 30 heavy (non-hydrogen) atoms. The van der Waals surface area contributed by atoms with E-state index in [1.807, 2.05) is 0 Å². The van der Waals surface area contributed by atoms with Crippen LogP contribution >= 0.6 is 0 Å². The van der Waals surface area contributed by atoms with Gasteiger partial charge in [0.05, 0.1) is 12.5 Å². The van der Waals surface area contributed by atoms with Crippen molar-refractivity contribution in [3.8, 4) is 5.75 Å². The Balaban J connectivity index is 1.97. The predicted molar refractivity (Wildman–Crippen MR) is 98.6 cm³/mol. The van der Waals surface area contributed by atoms with Crippen molar-refractivity contribution in [2.75, 3.05) is 7.11 Å². The molecule has 1 unspecified atom stereocenters. The highest BCUT2D eigenvalue weighted by molar-refractivity contribution is 5.89. The summed E-state index contributed by atoms with van der Waals surface area (Å²) in [6, 6.07) is 6.33. The van der Waals surface area contributed by atoms with Gasteiger partial charge in [0.2, 0.25) is 12.4 Å². The Morgan fingerprint density at radius 2 is 1.87 bits per heavy atom. The van der Waals surface area contributed by atoms with Crippen LogP contribution in [0.4, 0.5) is 0 Å². The maximum atomic E-state index is 12.1. The van der Waals surface area contributed by atoms with Crippen LogP contribution in [0.1, 0.15) is 30.8 Å². The first-order chi connectivity index (χ1) is 14.3. The van der Waals surface area contributed by atoms with Gasteiger partial charge >= 0.3 is 17.9 Å². The van der Waals surface area contributed by atoms with E-state index in [1.165, 1.54) is 27.0 Å². The van der Waals surface area contributed by atoms with Crippen LogP contribution < -0.4 is 4.74 Å². The zero-order valence-electron chi connectivity index (χ0n) is 16.5. The molecule has 10 nitrogen and oxygen atoms in total. The molecule has 0 saturated carbocycles. The Kier molecular flexibility index (Phi) is 6.36. The van der Waals surface area contributed by atoms with Gasteiger partial charge in [0, 0.05) is 20.3 Å². The highest BCUT2D eigenvalue weighted by atomic mass is 16.7. The highest BCUT2D eigenvalue weighted by Gasteiger charge is 2.47. The van der Waals surface area contributed by atoms with Crippen LogP contribution in [-0.2, 0) is 33.3 Å². The molecule has 2 aromatic rings. The van der Waals surface area contributed by atoms with Crippen LogP contribution in [0, 0.1) is 0 Å². The van der Waals surface area contributed by atoms with Crippen molar-refractivity contribution in [3.63, 3.8) is 0 Å². The monoisotopic (exact) mass is 420 g/mol. The largest absolute Gasteiger partial charge is 0.467 e. The highest BCUT2D eigenvalue weighted by Crippen LogP contribution is 2.33. The molecule has 4 atom stereocenters. The van der Waals surface area contributed by atoms with Gasteiger partial charge in [0.15, 0.2) is 18.2 Å². The lowest BCUT2D eigenvalue weighted by atomic mass is 10.0. The summed E-state index contributed by atoms with van der Waals surface area (Å²) >= 11 is 0. The number of hydrogen-bond acceptors (Lipinski definition) is 10. The molecule has 0 bridgehead atoms. The number of esters is 3. The number of ether oxygens (including phenoxy) is 5. The first kappa shape index (κ1) is 21.3. The van der Waals surface area contributed by atoms with Crippen LogP contribution in [0.2, 0.25) is 0 Å². The van der Waals surface area contributed by atoms with E-state index < -0.39 is 42.5 Å². The molecule has 0 aliphatic carbocycles. The van der Waals surface area contributed by atoms with Crippen molar-refractivity contribution < 1.29 is 47.3 Å². The van der Waals surface area contributed by atoms with Crippen molar-refractivity contribution in [2.24, 2.45) is 0 Å². The predicted octanol–water partition coefficient (Wildman–Crippen LogP) is 1.78. The second-order valence-electron chi connectivity index (χ2n) is 6.53. The number of hydrogen-bond donors (Lipinski definition) is 0. The van der Waals surface area contributed by atoms with Crippen molar-refractivity contribution in [1.82, 2.24) is 0 Å². The lowest BCUT2D eigenvalue weighted by Crippen LogP contribution is -2.55. The van der Waals surface area contributed by atoms with Gasteiger partial charge in [0.25, 0.3) is 0 Å². The molecule has 1 aliphatic rings. The Labute approximate surface area is 170 Å². The Bertz CT molecular complexity index is 962. The van der Waals surface area contributed by atoms with E-state index in [-0.39, 0.29) is 17.9 Å². The summed E-state index contributed by atoms with van der Waals surface area (Å²) in [4.78, 5) is 46.3. The number of carbonyl (C=O) groups is 4. The number of benzene rings is 1. The summed E-state index contributed by atoms with van der Waals surface area (Å²) in [5, 5.41) is 0.467. The zero-order chi connectivity index (χ0) is 21.8. The normalized spacial score (nSPS) is 23.4. The molecule has 160 valence electrons. The van der Waals surface area contributed by atoms with Gasteiger partial charge in [-0.1, -0.05) is 6.07 Å². The number of carbonyl (C=O) groups excluding carboxylic acids is 4. The fraction of sp³-hybridized carbons (Fsp3) is 0.400. The number of fused-ring (bicyclic) bond motifs is 1. The average Bonchev–Trinajstić information content (AvgIpc) is 3.13. The standard InChI is InChI=1S/C20H20O10/c1-10(22)26-16-8-17(19(24)25-3)30-20(18(16)27-11(2)23)29-15-6-4-5-14-13(15)7-12(9-21)28-14/h4-7,9,16-18,20H,8H2,1-3H3/t16?,17-,18+,20+/m0/s1. The second kappa shape index (κ2) is 8.95. The summed E-state index contributed by atoms with van der Waals surface area (Å²) in [7, 11) is 1.19. The van der Waals surface area contributed by atoms with E-state index in [4.69, 9.17) is 28.1 Å². The first-order valence-corrected chi connectivity index (χ1v) is 9.04. The molecule has 1 aromatic carbocycles. The van der Waals surface area contributed by atoms with Gasteiger partial charge in [0.1, 0.15) is 17.4 Å². The number of aldehydes is 1. The van der Waals surface area contributed by atoms with E-state index in [0.29, 0.717) is 17.3 Å². The summed E-state index contributed by atoms with van der Waals surface area (Å²) < 4.78 is 32.2. The molecule has 3 rings (SSSR count). The van der Waals surface area contributed by atoms with Crippen LogP contribution in [0.5, 0.6) is 5.75 Å². The van der Waals surface area contributed by atoms with Crippen molar-refractivity contribution in [2.45, 2.75) is 44.9 Å². The van der Waals surface area contributed by atoms with Gasteiger partial charge in [-0.25, -0.2) is 4.79 Å². The van der Waals surface area contributed by atoms with E-state index in [1.54, 1.807) is 18.2 Å². The lowest BCUT2D eigenvalue weighted by molar-refractivity contribution is -0.250. The summed E-state index contributed by atoms with van der Waals surface area (Å²) in [6.45, 7) is 2.37. The third-order valence-electron chi connectivity index (χ3n) is 4.36. The van der Waals surface area contributed by atoms with Crippen LogP contribution in [0.25, 0.3) is 11.0 Å². The molecule has 0 spiro atoms. The molecule has 0 N–H and O–H groups in total. The van der Waals surface area contributed by atoms with Gasteiger partial charge in [-0.15, -0.1) is 0 Å². The average molecular weight is 420 g/mol. The molecule has 1 saturated heterocycles. The Hall–Kier alpha value is -3.40. The lowest BCUT2D eigenvalue weighted by Gasteiger charge is -2.39. The molecule has 0 radical (unpaired) electrons. The fourth-order valence-corrected chi connectivity index (χ4v) is 3.18. The molecule has 0 amide bonds. The molecular formula is C20H20O10. The minimum Gasteiger partial charge on any atom is -0.467 e. The maximum Gasteiger partial charge on any atom is 0.335 e. The number of rotatable bonds is 6. The van der Waals surface area contributed by atoms with Gasteiger partial charge < -0.3 is 28.1 Å². The molecule has 10 heteroatoms. The van der Waals surface area contributed by atoms with E-state index in [2.05, 4.69) is 0 Å². The van der Waals surface area contributed by atoms with Crippen molar-refractivity contribution >= 4 is 35.2 Å². The molecule has 2 heterocycles. The quantitative estimate of drug-likeness (QED) is 0.387. The Morgan fingerprint density at radius 3 is 2.50 bits per heavy atom. The Morgan fingerprint density at radius 1 is 1.13 bits per heavy atom. The van der Waals surface area contributed by atoms with Gasteiger partial charge in [-0.05, 0) is 18.2 Å². The summed E-state index contributed by atoms with van der Waals surface area (Å²) in [6.07, 6.45) is -4.13. The smallest absolute Gasteiger partial charge is 0.335 e. The summed E-state index contributed by atoms with van der Waals surface area (Å²) in [5.41, 5.74) is 0.385. The van der Waals surface area contributed by atoms with E-state index in [0.717, 1.165) is 0 Å². The molecular weight excluding hydrogens is 400 g/mol. The number of furan rings is 1. The minimum atomic E-state index is -1.31. The molecule has 1 aliphatic heterocycles. The van der Waals surface area contributed by atoms with Gasteiger partial charge in [-0.3, -0.25) is 14.4 Å².